The SMILES string of the molecule is C=C(CC)Nc1ccccc1NC.CC. The molecule has 0 atom stereocenters. The van der Waals surface area contributed by atoms with Crippen molar-refractivity contribution in [2.24, 2.45) is 0 Å². The molecule has 0 saturated carbocycles. The third kappa shape index (κ3) is 4.54. The number of allylic oxidation sites excluding steroid dienone is 1. The minimum absolute atomic E-state index is 0.943. The molecule has 0 unspecified atom stereocenters. The lowest BCUT2D eigenvalue weighted by molar-refractivity contribution is 1.11. The van der Waals surface area contributed by atoms with Gasteiger partial charge in [0.05, 0.1) is 11.4 Å². The Kier molecular flexibility index (Phi) is 7.16. The third-order valence-electron chi connectivity index (χ3n) is 1.93. The highest BCUT2D eigenvalue weighted by Crippen LogP contribution is 2.21. The Morgan fingerprint density at radius 3 is 2.20 bits per heavy atom. The van der Waals surface area contributed by atoms with Gasteiger partial charge in [0.25, 0.3) is 0 Å². The van der Waals surface area contributed by atoms with Crippen molar-refractivity contribution < 1.29 is 0 Å². The highest BCUT2D eigenvalue weighted by atomic mass is 14.9. The molecule has 0 bridgehead atoms. The second-order valence-corrected chi connectivity index (χ2v) is 2.88. The van der Waals surface area contributed by atoms with Gasteiger partial charge in [-0.2, -0.15) is 0 Å². The van der Waals surface area contributed by atoms with Crippen LogP contribution in [-0.4, -0.2) is 7.05 Å². The van der Waals surface area contributed by atoms with Crippen LogP contribution >= 0.6 is 0 Å². The summed E-state index contributed by atoms with van der Waals surface area (Å²) in [6.45, 7) is 9.99. The largest absolute Gasteiger partial charge is 0.386 e. The van der Waals surface area contributed by atoms with E-state index in [0.29, 0.717) is 0 Å². The van der Waals surface area contributed by atoms with Gasteiger partial charge in [0.2, 0.25) is 0 Å². The average Bonchev–Trinajstić information content (AvgIpc) is 2.32. The summed E-state index contributed by atoms with van der Waals surface area (Å²) in [5.74, 6) is 0. The zero-order valence-electron chi connectivity index (χ0n) is 10.2. The quantitative estimate of drug-likeness (QED) is 0.775. The molecule has 2 nitrogen and oxygen atoms in total. The topological polar surface area (TPSA) is 24.1 Å². The van der Waals surface area contributed by atoms with Crippen molar-refractivity contribution in [2.75, 3.05) is 17.7 Å². The molecule has 0 saturated heterocycles. The van der Waals surface area contributed by atoms with E-state index in [1.807, 2.05) is 45.2 Å². The van der Waals surface area contributed by atoms with Crippen LogP contribution in [0.15, 0.2) is 36.5 Å². The predicted octanol–water partition coefficient (Wildman–Crippen LogP) is 4.09. The fourth-order valence-electron chi connectivity index (χ4n) is 1.09. The minimum Gasteiger partial charge on any atom is -0.386 e. The second kappa shape index (κ2) is 7.92. The molecule has 2 N–H and O–H groups in total. The van der Waals surface area contributed by atoms with Gasteiger partial charge >= 0.3 is 0 Å². The summed E-state index contributed by atoms with van der Waals surface area (Å²) in [6.07, 6.45) is 0.943. The molecule has 1 aromatic rings. The average molecular weight is 206 g/mol. The maximum absolute atomic E-state index is 3.90. The lowest BCUT2D eigenvalue weighted by Gasteiger charge is -2.11. The molecule has 84 valence electrons. The van der Waals surface area contributed by atoms with Crippen molar-refractivity contribution in [1.82, 2.24) is 0 Å². The minimum atomic E-state index is 0.943. The molecule has 0 heterocycles. The summed E-state index contributed by atoms with van der Waals surface area (Å²) in [5.41, 5.74) is 3.21. The van der Waals surface area contributed by atoms with Crippen molar-refractivity contribution in [3.05, 3.63) is 36.5 Å². The first-order valence-electron chi connectivity index (χ1n) is 5.49. The van der Waals surface area contributed by atoms with Crippen LogP contribution in [0, 0.1) is 0 Å². The Hall–Kier alpha value is -1.44. The van der Waals surface area contributed by atoms with Crippen LogP contribution < -0.4 is 10.6 Å². The molecule has 2 heteroatoms. The molecule has 0 fully saturated rings. The van der Waals surface area contributed by atoms with E-state index >= 15 is 0 Å². The molecule has 0 radical (unpaired) electrons. The van der Waals surface area contributed by atoms with Crippen LogP contribution in [0.25, 0.3) is 0 Å². The Morgan fingerprint density at radius 2 is 1.73 bits per heavy atom. The normalized spacial score (nSPS) is 8.53. The summed E-state index contributed by atoms with van der Waals surface area (Å²) >= 11 is 0. The zero-order chi connectivity index (χ0) is 11.7. The van der Waals surface area contributed by atoms with E-state index in [1.54, 1.807) is 0 Å². The van der Waals surface area contributed by atoms with Crippen molar-refractivity contribution in [1.29, 1.82) is 0 Å². The summed E-state index contributed by atoms with van der Waals surface area (Å²) in [7, 11) is 1.91. The van der Waals surface area contributed by atoms with Crippen LogP contribution in [0.3, 0.4) is 0 Å². The number of anilines is 2. The summed E-state index contributed by atoms with van der Waals surface area (Å²) in [5, 5.41) is 6.38. The van der Waals surface area contributed by atoms with Gasteiger partial charge < -0.3 is 10.6 Å². The fourth-order valence-corrected chi connectivity index (χ4v) is 1.09. The lowest BCUT2D eigenvalue weighted by atomic mass is 10.2. The molecule has 0 spiro atoms. The summed E-state index contributed by atoms with van der Waals surface area (Å²) in [4.78, 5) is 0. The van der Waals surface area contributed by atoms with Gasteiger partial charge in [0, 0.05) is 12.7 Å². The summed E-state index contributed by atoms with van der Waals surface area (Å²) < 4.78 is 0. The van der Waals surface area contributed by atoms with Gasteiger partial charge in [0.15, 0.2) is 0 Å². The van der Waals surface area contributed by atoms with Gasteiger partial charge in [-0.1, -0.05) is 39.5 Å². The standard InChI is InChI=1S/C11H16N2.C2H6/c1-4-9(2)13-11-8-6-5-7-10(11)12-3;1-2/h5-8,12-13H,2,4H2,1,3H3;1-2H3. The Morgan fingerprint density at radius 1 is 1.20 bits per heavy atom. The summed E-state index contributed by atoms with van der Waals surface area (Å²) in [6, 6.07) is 8.08. The molecule has 0 amide bonds. The molecule has 1 rings (SSSR count). The van der Waals surface area contributed by atoms with E-state index in [4.69, 9.17) is 0 Å². The van der Waals surface area contributed by atoms with E-state index in [2.05, 4.69) is 24.1 Å². The number of hydrogen-bond donors (Lipinski definition) is 2. The molecule has 0 aliphatic heterocycles. The van der Waals surface area contributed by atoms with Gasteiger partial charge in [-0.15, -0.1) is 0 Å². The van der Waals surface area contributed by atoms with Gasteiger partial charge in [-0.3, -0.25) is 0 Å². The molecule has 15 heavy (non-hydrogen) atoms. The lowest BCUT2D eigenvalue weighted by Crippen LogP contribution is -2.00. The van der Waals surface area contributed by atoms with Crippen LogP contribution in [0.4, 0.5) is 11.4 Å². The number of benzene rings is 1. The van der Waals surface area contributed by atoms with Crippen molar-refractivity contribution in [2.45, 2.75) is 27.2 Å². The molecule has 0 aliphatic carbocycles. The van der Waals surface area contributed by atoms with Gasteiger partial charge in [0.1, 0.15) is 0 Å². The number of hydrogen-bond acceptors (Lipinski definition) is 2. The van der Waals surface area contributed by atoms with Crippen molar-refractivity contribution in [3.8, 4) is 0 Å². The highest BCUT2D eigenvalue weighted by Gasteiger charge is 1.98. The second-order valence-electron chi connectivity index (χ2n) is 2.88. The van der Waals surface area contributed by atoms with E-state index in [9.17, 15) is 0 Å². The maximum Gasteiger partial charge on any atom is 0.0617 e. The third-order valence-corrected chi connectivity index (χ3v) is 1.93. The predicted molar refractivity (Wildman–Crippen MR) is 70.4 cm³/mol. The Bertz CT molecular complexity index is 292. The van der Waals surface area contributed by atoms with Crippen LogP contribution in [0.5, 0.6) is 0 Å². The maximum atomic E-state index is 3.90. The van der Waals surface area contributed by atoms with Crippen LogP contribution in [0.2, 0.25) is 0 Å². The molecule has 0 aromatic heterocycles. The molecular formula is C13H22N2. The number of rotatable bonds is 4. The van der Waals surface area contributed by atoms with Crippen molar-refractivity contribution >= 4 is 11.4 Å². The molecule has 1 aromatic carbocycles. The van der Waals surface area contributed by atoms with E-state index in [0.717, 1.165) is 23.5 Å². The number of para-hydroxylation sites is 2. The van der Waals surface area contributed by atoms with Crippen LogP contribution in [-0.2, 0) is 0 Å². The Labute approximate surface area is 93.4 Å². The fraction of sp³-hybridized carbons (Fsp3) is 0.385. The monoisotopic (exact) mass is 206 g/mol. The number of nitrogens with one attached hydrogen (secondary N) is 2. The molecule has 0 aliphatic rings. The molecular weight excluding hydrogens is 184 g/mol. The Balaban J connectivity index is 0.000000921. The van der Waals surface area contributed by atoms with Gasteiger partial charge in [-0.05, 0) is 18.6 Å². The first-order chi connectivity index (χ1) is 7.27. The first-order valence-corrected chi connectivity index (χ1v) is 5.49. The van der Waals surface area contributed by atoms with E-state index in [1.165, 1.54) is 0 Å². The van der Waals surface area contributed by atoms with Crippen LogP contribution in [0.1, 0.15) is 27.2 Å². The first kappa shape index (κ1) is 13.6. The highest BCUT2D eigenvalue weighted by molar-refractivity contribution is 5.69. The van der Waals surface area contributed by atoms with E-state index in [-0.39, 0.29) is 0 Å². The van der Waals surface area contributed by atoms with Crippen molar-refractivity contribution in [3.63, 3.8) is 0 Å². The van der Waals surface area contributed by atoms with Gasteiger partial charge in [-0.25, -0.2) is 0 Å². The zero-order valence-corrected chi connectivity index (χ0v) is 10.2. The van der Waals surface area contributed by atoms with E-state index < -0.39 is 0 Å². The smallest absolute Gasteiger partial charge is 0.0617 e.